The Labute approximate surface area is 91.2 Å². The molecule has 0 bridgehead atoms. The SMILES string of the molecule is CN(CCNC(=S)NN)C1CCCC1. The molecule has 14 heavy (non-hydrogen) atoms. The second kappa shape index (κ2) is 6.16. The highest BCUT2D eigenvalue weighted by atomic mass is 32.1. The van der Waals surface area contributed by atoms with Crippen LogP contribution in [0.3, 0.4) is 0 Å². The first-order valence-electron chi connectivity index (χ1n) is 5.18. The van der Waals surface area contributed by atoms with E-state index in [9.17, 15) is 0 Å². The van der Waals surface area contributed by atoms with Crippen molar-refractivity contribution in [2.75, 3.05) is 20.1 Å². The van der Waals surface area contributed by atoms with E-state index in [2.05, 4.69) is 22.7 Å². The highest BCUT2D eigenvalue weighted by Crippen LogP contribution is 2.21. The van der Waals surface area contributed by atoms with E-state index < -0.39 is 0 Å². The number of hydrogen-bond acceptors (Lipinski definition) is 3. The van der Waals surface area contributed by atoms with Crippen LogP contribution in [0.1, 0.15) is 25.7 Å². The van der Waals surface area contributed by atoms with E-state index in [4.69, 9.17) is 18.1 Å². The van der Waals surface area contributed by atoms with Crippen LogP contribution in [-0.4, -0.2) is 36.2 Å². The maximum absolute atomic E-state index is 5.14. The van der Waals surface area contributed by atoms with Crippen molar-refractivity contribution >= 4 is 17.3 Å². The predicted molar refractivity (Wildman–Crippen MR) is 62.8 cm³/mol. The van der Waals surface area contributed by atoms with Gasteiger partial charge in [-0.05, 0) is 32.1 Å². The van der Waals surface area contributed by atoms with Gasteiger partial charge in [0.05, 0.1) is 0 Å². The third-order valence-corrected chi connectivity index (χ3v) is 3.09. The Morgan fingerprint density at radius 3 is 2.71 bits per heavy atom. The van der Waals surface area contributed by atoms with E-state index in [0.717, 1.165) is 19.1 Å². The second-order valence-corrected chi connectivity index (χ2v) is 4.23. The van der Waals surface area contributed by atoms with E-state index in [1.54, 1.807) is 0 Å². The molecule has 1 rings (SSSR count). The van der Waals surface area contributed by atoms with E-state index in [0.29, 0.717) is 5.11 Å². The Kier molecular flexibility index (Phi) is 5.14. The third-order valence-electron chi connectivity index (χ3n) is 2.83. The Bertz CT molecular complexity index is 180. The molecule has 0 atom stereocenters. The number of nitrogens with two attached hydrogens (primary N) is 1. The van der Waals surface area contributed by atoms with Gasteiger partial charge in [0.25, 0.3) is 0 Å². The fourth-order valence-electron chi connectivity index (χ4n) is 1.92. The number of nitrogens with zero attached hydrogens (tertiary/aromatic N) is 1. The van der Waals surface area contributed by atoms with Gasteiger partial charge in [-0.1, -0.05) is 12.8 Å². The van der Waals surface area contributed by atoms with Gasteiger partial charge in [0, 0.05) is 19.1 Å². The van der Waals surface area contributed by atoms with Crippen LogP contribution in [0, 0.1) is 0 Å². The molecule has 0 unspecified atom stereocenters. The van der Waals surface area contributed by atoms with E-state index in [-0.39, 0.29) is 0 Å². The molecule has 1 saturated carbocycles. The van der Waals surface area contributed by atoms with Crippen molar-refractivity contribution < 1.29 is 0 Å². The summed E-state index contributed by atoms with van der Waals surface area (Å²) in [5.41, 5.74) is 2.41. The molecule has 1 aliphatic carbocycles. The fraction of sp³-hybridized carbons (Fsp3) is 0.889. The summed E-state index contributed by atoms with van der Waals surface area (Å²) in [4.78, 5) is 2.40. The molecular formula is C9H20N4S. The van der Waals surface area contributed by atoms with Gasteiger partial charge >= 0.3 is 0 Å². The number of hydrogen-bond donors (Lipinski definition) is 3. The number of thiocarbonyl (C=S) groups is 1. The Morgan fingerprint density at radius 1 is 1.50 bits per heavy atom. The first-order valence-corrected chi connectivity index (χ1v) is 5.59. The van der Waals surface area contributed by atoms with Crippen LogP contribution in [-0.2, 0) is 0 Å². The van der Waals surface area contributed by atoms with Gasteiger partial charge in [-0.3, -0.25) is 0 Å². The number of hydrazine groups is 1. The van der Waals surface area contributed by atoms with Gasteiger partial charge in [0.2, 0.25) is 0 Å². The summed E-state index contributed by atoms with van der Waals surface area (Å²) in [7, 11) is 2.18. The molecule has 4 nitrogen and oxygen atoms in total. The predicted octanol–water partition coefficient (Wildman–Crippen LogP) is 0.199. The topological polar surface area (TPSA) is 53.3 Å². The normalized spacial score (nSPS) is 17.4. The van der Waals surface area contributed by atoms with Gasteiger partial charge in [-0.15, -0.1) is 0 Å². The Balaban J connectivity index is 2.08. The lowest BCUT2D eigenvalue weighted by Crippen LogP contribution is -2.43. The molecule has 0 aromatic heterocycles. The monoisotopic (exact) mass is 216 g/mol. The van der Waals surface area contributed by atoms with Crippen LogP contribution in [0.2, 0.25) is 0 Å². The van der Waals surface area contributed by atoms with Crippen molar-refractivity contribution in [3.05, 3.63) is 0 Å². The van der Waals surface area contributed by atoms with Crippen LogP contribution in [0.15, 0.2) is 0 Å². The molecule has 0 aliphatic heterocycles. The molecule has 4 N–H and O–H groups in total. The number of rotatable bonds is 4. The van der Waals surface area contributed by atoms with Crippen LogP contribution < -0.4 is 16.6 Å². The largest absolute Gasteiger partial charge is 0.360 e. The van der Waals surface area contributed by atoms with Crippen molar-refractivity contribution in [3.8, 4) is 0 Å². The van der Waals surface area contributed by atoms with Crippen molar-refractivity contribution in [1.82, 2.24) is 15.6 Å². The molecule has 0 radical (unpaired) electrons. The second-order valence-electron chi connectivity index (χ2n) is 3.82. The van der Waals surface area contributed by atoms with Crippen molar-refractivity contribution in [1.29, 1.82) is 0 Å². The zero-order valence-corrected chi connectivity index (χ0v) is 9.57. The van der Waals surface area contributed by atoms with Crippen LogP contribution in [0.4, 0.5) is 0 Å². The summed E-state index contributed by atoms with van der Waals surface area (Å²) < 4.78 is 0. The van der Waals surface area contributed by atoms with Crippen LogP contribution >= 0.6 is 12.2 Å². The minimum Gasteiger partial charge on any atom is -0.360 e. The van der Waals surface area contributed by atoms with E-state index >= 15 is 0 Å². The van der Waals surface area contributed by atoms with Crippen molar-refractivity contribution in [3.63, 3.8) is 0 Å². The molecule has 0 spiro atoms. The third kappa shape index (κ3) is 3.77. The zero-order valence-electron chi connectivity index (χ0n) is 8.75. The average Bonchev–Trinajstić information content (AvgIpc) is 2.70. The summed E-state index contributed by atoms with van der Waals surface area (Å²) in [6.45, 7) is 1.88. The molecule has 0 amide bonds. The minimum atomic E-state index is 0.518. The number of likely N-dealkylation sites (N-methyl/N-ethyl adjacent to an activating group) is 1. The molecule has 0 aromatic rings. The summed E-state index contributed by atoms with van der Waals surface area (Å²) >= 11 is 4.88. The van der Waals surface area contributed by atoms with E-state index in [1.807, 2.05) is 0 Å². The summed E-state index contributed by atoms with van der Waals surface area (Å²) in [6.07, 6.45) is 5.45. The molecule has 82 valence electrons. The van der Waals surface area contributed by atoms with Gasteiger partial charge in [0.15, 0.2) is 5.11 Å². The highest BCUT2D eigenvalue weighted by Gasteiger charge is 2.18. The zero-order chi connectivity index (χ0) is 10.4. The standard InChI is InChI=1S/C9H20N4S/c1-13(8-4-2-3-5-8)7-6-11-9(14)12-10/h8H,2-7,10H2,1H3,(H2,11,12,14). The summed E-state index contributed by atoms with van der Waals surface area (Å²) in [5.74, 6) is 5.14. The first kappa shape index (κ1) is 11.7. The molecule has 0 heterocycles. The average molecular weight is 216 g/mol. The Morgan fingerprint density at radius 2 is 2.14 bits per heavy atom. The Hall–Kier alpha value is -0.390. The minimum absolute atomic E-state index is 0.518. The maximum atomic E-state index is 5.14. The lowest BCUT2D eigenvalue weighted by molar-refractivity contribution is 0.249. The highest BCUT2D eigenvalue weighted by molar-refractivity contribution is 7.80. The molecular weight excluding hydrogens is 196 g/mol. The molecule has 1 fully saturated rings. The first-order chi connectivity index (χ1) is 6.74. The summed E-state index contributed by atoms with van der Waals surface area (Å²) in [5, 5.41) is 3.56. The fourth-order valence-corrected chi connectivity index (χ4v) is 2.03. The molecule has 1 aliphatic rings. The maximum Gasteiger partial charge on any atom is 0.180 e. The lowest BCUT2D eigenvalue weighted by Gasteiger charge is -2.24. The van der Waals surface area contributed by atoms with Gasteiger partial charge in [0.1, 0.15) is 0 Å². The molecule has 0 aromatic carbocycles. The van der Waals surface area contributed by atoms with Gasteiger partial charge < -0.3 is 15.6 Å². The van der Waals surface area contributed by atoms with Gasteiger partial charge in [-0.25, -0.2) is 5.84 Å². The number of nitrogens with one attached hydrogen (secondary N) is 2. The van der Waals surface area contributed by atoms with Crippen molar-refractivity contribution in [2.24, 2.45) is 5.84 Å². The molecule has 0 saturated heterocycles. The smallest absolute Gasteiger partial charge is 0.180 e. The van der Waals surface area contributed by atoms with E-state index in [1.165, 1.54) is 25.7 Å². The quantitative estimate of drug-likeness (QED) is 0.356. The molecule has 5 heteroatoms. The van der Waals surface area contributed by atoms with Crippen molar-refractivity contribution in [2.45, 2.75) is 31.7 Å². The lowest BCUT2D eigenvalue weighted by atomic mass is 10.2. The van der Waals surface area contributed by atoms with Crippen LogP contribution in [0.25, 0.3) is 0 Å². The van der Waals surface area contributed by atoms with Crippen LogP contribution in [0.5, 0.6) is 0 Å². The van der Waals surface area contributed by atoms with Gasteiger partial charge in [-0.2, -0.15) is 0 Å². The summed E-state index contributed by atoms with van der Waals surface area (Å²) in [6, 6.07) is 0.774.